The predicted molar refractivity (Wildman–Crippen MR) is 99.4 cm³/mol. The minimum Gasteiger partial charge on any atom is -0.759 e. The van der Waals surface area contributed by atoms with Crippen molar-refractivity contribution in [1.82, 2.24) is 6.15 Å². The lowest BCUT2D eigenvalue weighted by Gasteiger charge is -2.39. The average molecular weight is 375 g/mol. The maximum absolute atomic E-state index is 8.52. The molecule has 0 aromatic rings. The molecule has 0 bridgehead atoms. The number of quaternary nitrogens is 2. The van der Waals surface area contributed by atoms with Crippen molar-refractivity contribution >= 4 is 10.4 Å². The second-order valence-electron chi connectivity index (χ2n) is 6.06. The van der Waals surface area contributed by atoms with Crippen molar-refractivity contribution in [2.24, 2.45) is 0 Å². The van der Waals surface area contributed by atoms with Crippen LogP contribution in [0, 0.1) is 0 Å². The summed E-state index contributed by atoms with van der Waals surface area (Å²) in [5, 5.41) is 0. The Balaban J connectivity index is -0.000000250. The van der Waals surface area contributed by atoms with Gasteiger partial charge in [0.25, 0.3) is 0 Å². The van der Waals surface area contributed by atoms with Crippen LogP contribution in [-0.2, 0) is 10.4 Å². The van der Waals surface area contributed by atoms with Crippen LogP contribution in [0.3, 0.4) is 0 Å². The van der Waals surface area contributed by atoms with Crippen LogP contribution < -0.4 is 6.15 Å². The zero-order valence-electron chi connectivity index (χ0n) is 16.5. The van der Waals surface area contributed by atoms with Crippen LogP contribution in [0.2, 0.25) is 0 Å². The topological polar surface area (TPSA) is 148 Å². The average Bonchev–Trinajstić information content (AvgIpc) is 2.44. The highest BCUT2D eigenvalue weighted by Crippen LogP contribution is 2.16. The highest BCUT2D eigenvalue weighted by atomic mass is 32.3. The van der Waals surface area contributed by atoms with Gasteiger partial charge in [0.15, 0.2) is 0 Å². The van der Waals surface area contributed by atoms with Crippen LogP contribution in [0.4, 0.5) is 0 Å². The summed E-state index contributed by atoms with van der Waals surface area (Å²) < 4.78 is 35.5. The third-order valence-corrected chi connectivity index (χ3v) is 3.94. The van der Waals surface area contributed by atoms with Gasteiger partial charge in [-0.1, -0.05) is 53.4 Å². The van der Waals surface area contributed by atoms with E-state index in [9.17, 15) is 0 Å². The number of unbranched alkanes of at least 4 members (excludes halogenated alkanes) is 4. The lowest BCUT2D eigenvalue weighted by Crippen LogP contribution is -2.50. The van der Waals surface area contributed by atoms with Gasteiger partial charge in [0.2, 0.25) is 0 Å². The summed E-state index contributed by atoms with van der Waals surface area (Å²) in [6.07, 6.45) is 11.1. The summed E-state index contributed by atoms with van der Waals surface area (Å²) in [6, 6.07) is 0. The molecule has 0 saturated carbocycles. The fraction of sp³-hybridized carbons (Fsp3) is 1.00. The predicted octanol–water partition coefficient (Wildman–Crippen LogP) is 3.22. The zero-order chi connectivity index (χ0) is 17.5. The molecule has 152 valence electrons. The van der Waals surface area contributed by atoms with Gasteiger partial charge in [-0.2, -0.15) is 0 Å². The van der Waals surface area contributed by atoms with Crippen molar-refractivity contribution in [3.8, 4) is 0 Å². The lowest BCUT2D eigenvalue weighted by molar-refractivity contribution is -0.929. The van der Waals surface area contributed by atoms with Gasteiger partial charge in [0.1, 0.15) is 0 Å². The molecule has 0 atom stereocenters. The summed E-state index contributed by atoms with van der Waals surface area (Å²) in [5.41, 5.74) is 0. The van der Waals surface area contributed by atoms with Crippen LogP contribution >= 0.6 is 0 Å². The Morgan fingerprint density at radius 1 is 0.667 bits per heavy atom. The van der Waals surface area contributed by atoms with Crippen molar-refractivity contribution in [3.63, 3.8) is 0 Å². The van der Waals surface area contributed by atoms with Crippen LogP contribution in [0.25, 0.3) is 0 Å². The van der Waals surface area contributed by atoms with E-state index < -0.39 is 10.4 Å². The molecule has 0 fully saturated rings. The quantitative estimate of drug-likeness (QED) is 0.317. The number of rotatable bonds is 12. The van der Waals surface area contributed by atoms with Crippen molar-refractivity contribution in [2.75, 3.05) is 26.2 Å². The third kappa shape index (κ3) is 24.0. The standard InChI is InChI=1S/C16H36N.H3N.H2O4S.H2O/c1-5-9-13-17(14-10-6-2,15-11-7-3)16-12-8-4;;1-5(2,3)4;/h5-16H2,1-4H3;1H3;(H2,1,2,3,4);1H2/q+1;;;/p-1. The molecule has 0 aromatic heterocycles. The molecular formula is C16H42N2O5S. The van der Waals surface area contributed by atoms with Crippen molar-refractivity contribution < 1.29 is 27.5 Å². The van der Waals surface area contributed by atoms with Gasteiger partial charge < -0.3 is 25.2 Å². The zero-order valence-corrected chi connectivity index (χ0v) is 17.3. The first-order valence-electron chi connectivity index (χ1n) is 8.76. The Hall–Kier alpha value is -0.250. The van der Waals surface area contributed by atoms with E-state index in [1.54, 1.807) is 0 Å². The van der Waals surface area contributed by atoms with Gasteiger partial charge in [-0.05, 0) is 25.7 Å². The van der Waals surface area contributed by atoms with Crippen molar-refractivity contribution in [2.45, 2.75) is 79.1 Å². The molecule has 24 heavy (non-hydrogen) atoms. The molecule has 0 radical (unpaired) electrons. The SMILES string of the molecule is CCCC[N+](CCCC)(CCCC)CCCC.O.O=S(=O)([O-])[O-].[NH4+]. The molecule has 0 aliphatic heterocycles. The Morgan fingerprint density at radius 2 is 0.833 bits per heavy atom. The Bertz CT molecular complexity index is 292. The Kier molecular flexibility index (Phi) is 25.1. The van der Waals surface area contributed by atoms with Gasteiger partial charge in [-0.15, -0.1) is 0 Å². The van der Waals surface area contributed by atoms with E-state index in [1.165, 1.54) is 82.0 Å². The van der Waals surface area contributed by atoms with Crippen LogP contribution in [0.5, 0.6) is 0 Å². The Labute approximate surface area is 149 Å². The summed E-state index contributed by atoms with van der Waals surface area (Å²) >= 11 is 0. The Morgan fingerprint density at radius 3 is 0.958 bits per heavy atom. The molecule has 6 N–H and O–H groups in total. The fourth-order valence-corrected chi connectivity index (χ4v) is 2.64. The first-order valence-corrected chi connectivity index (χ1v) is 10.1. The molecule has 0 saturated heterocycles. The second-order valence-corrected chi connectivity index (χ2v) is 6.88. The minimum atomic E-state index is -5.17. The van der Waals surface area contributed by atoms with Crippen LogP contribution in [0.1, 0.15) is 79.1 Å². The van der Waals surface area contributed by atoms with Crippen molar-refractivity contribution in [3.05, 3.63) is 0 Å². The van der Waals surface area contributed by atoms with Gasteiger partial charge in [0, 0.05) is 10.4 Å². The molecule has 0 heterocycles. The number of hydrogen-bond acceptors (Lipinski definition) is 4. The first-order chi connectivity index (χ1) is 10.2. The lowest BCUT2D eigenvalue weighted by atomic mass is 10.1. The fourth-order valence-electron chi connectivity index (χ4n) is 2.64. The van der Waals surface area contributed by atoms with E-state index in [0.717, 1.165) is 0 Å². The summed E-state index contributed by atoms with van der Waals surface area (Å²) in [4.78, 5) is 0. The van der Waals surface area contributed by atoms with Crippen molar-refractivity contribution in [1.29, 1.82) is 0 Å². The molecule has 0 unspecified atom stereocenters. The number of nitrogens with zero attached hydrogens (tertiary/aromatic N) is 1. The molecule has 0 amide bonds. The summed E-state index contributed by atoms with van der Waals surface area (Å²) in [6.45, 7) is 15.0. The second kappa shape index (κ2) is 19.1. The van der Waals surface area contributed by atoms with E-state index in [0.29, 0.717) is 0 Å². The van der Waals surface area contributed by atoms with Gasteiger partial charge in [0.05, 0.1) is 26.2 Å². The molecule has 0 aromatic carbocycles. The molecular weight excluding hydrogens is 332 g/mol. The van der Waals surface area contributed by atoms with Gasteiger partial charge in [-0.3, -0.25) is 8.42 Å². The van der Waals surface area contributed by atoms with Gasteiger partial charge >= 0.3 is 0 Å². The van der Waals surface area contributed by atoms with E-state index in [2.05, 4.69) is 27.7 Å². The largest absolute Gasteiger partial charge is 0.759 e. The van der Waals surface area contributed by atoms with Gasteiger partial charge in [-0.25, -0.2) is 0 Å². The van der Waals surface area contributed by atoms with Crippen LogP contribution in [-0.4, -0.2) is 53.7 Å². The molecule has 0 aliphatic rings. The minimum absolute atomic E-state index is 0. The highest BCUT2D eigenvalue weighted by molar-refractivity contribution is 7.79. The molecule has 0 rings (SSSR count). The van der Waals surface area contributed by atoms with E-state index >= 15 is 0 Å². The molecule has 0 aliphatic carbocycles. The molecule has 7 nitrogen and oxygen atoms in total. The van der Waals surface area contributed by atoms with E-state index in [4.69, 9.17) is 17.5 Å². The summed E-state index contributed by atoms with van der Waals surface area (Å²) in [5.74, 6) is 0. The highest BCUT2D eigenvalue weighted by Gasteiger charge is 2.24. The van der Waals surface area contributed by atoms with E-state index in [-0.39, 0.29) is 11.6 Å². The maximum Gasteiger partial charge on any atom is 0.0786 e. The third-order valence-electron chi connectivity index (χ3n) is 3.94. The smallest absolute Gasteiger partial charge is 0.0786 e. The monoisotopic (exact) mass is 374 g/mol. The normalized spacial score (nSPS) is 10.9. The van der Waals surface area contributed by atoms with Crippen LogP contribution in [0.15, 0.2) is 0 Å². The summed E-state index contributed by atoms with van der Waals surface area (Å²) in [7, 11) is -5.17. The number of hydrogen-bond donors (Lipinski definition) is 1. The van der Waals surface area contributed by atoms with E-state index in [1.807, 2.05) is 0 Å². The first kappa shape index (κ1) is 31.5. The molecule has 8 heteroatoms. The molecule has 0 spiro atoms. The maximum atomic E-state index is 8.52.